The number of aromatic nitrogens is 1. The van der Waals surface area contributed by atoms with Crippen molar-refractivity contribution in [2.24, 2.45) is 0 Å². The normalized spacial score (nSPS) is 10.5. The van der Waals surface area contributed by atoms with E-state index in [1.807, 2.05) is 25.3 Å². The molecule has 1 aromatic rings. The molecule has 0 aliphatic heterocycles. The zero-order valence-electron chi connectivity index (χ0n) is 8.94. The number of nitrogens with zero attached hydrogens (tertiary/aromatic N) is 1. The van der Waals surface area contributed by atoms with Crippen LogP contribution in [0.25, 0.3) is 0 Å². The van der Waals surface area contributed by atoms with E-state index in [2.05, 4.69) is 10.3 Å². The van der Waals surface area contributed by atoms with Gasteiger partial charge in [0.15, 0.2) is 0 Å². The van der Waals surface area contributed by atoms with Crippen LogP contribution < -0.4 is 5.32 Å². The topological polar surface area (TPSA) is 42.0 Å². The summed E-state index contributed by atoms with van der Waals surface area (Å²) in [4.78, 5) is 15.1. The fourth-order valence-corrected chi connectivity index (χ4v) is 1.26. The minimum atomic E-state index is -0.0244. The van der Waals surface area contributed by atoms with Crippen molar-refractivity contribution in [1.29, 1.82) is 0 Å². The van der Waals surface area contributed by atoms with Gasteiger partial charge in [0.2, 0.25) is 5.91 Å². The highest BCUT2D eigenvalue weighted by Gasteiger charge is 1.95. The van der Waals surface area contributed by atoms with Crippen LogP contribution in [0.2, 0.25) is 0 Å². The molecule has 80 valence electrons. The predicted octanol–water partition coefficient (Wildman–Crippen LogP) is 1.71. The van der Waals surface area contributed by atoms with Crippen molar-refractivity contribution in [3.8, 4) is 0 Å². The Balaban J connectivity index is 2.15. The highest BCUT2D eigenvalue weighted by atomic mass is 16.1. The van der Waals surface area contributed by atoms with Crippen LogP contribution in [0, 0.1) is 0 Å². The van der Waals surface area contributed by atoms with E-state index in [0.717, 1.165) is 12.8 Å². The molecule has 0 aliphatic carbocycles. The maximum Gasteiger partial charge on any atom is 0.243 e. The summed E-state index contributed by atoms with van der Waals surface area (Å²) in [6.45, 7) is 2.54. The number of pyridine rings is 1. The molecule has 1 N–H and O–H groups in total. The molecule has 1 aromatic heterocycles. The van der Waals surface area contributed by atoms with Crippen LogP contribution in [-0.2, 0) is 11.2 Å². The van der Waals surface area contributed by atoms with E-state index < -0.39 is 0 Å². The van der Waals surface area contributed by atoms with Crippen LogP contribution in [0.4, 0.5) is 0 Å². The van der Waals surface area contributed by atoms with Crippen molar-refractivity contribution in [3.05, 3.63) is 42.2 Å². The summed E-state index contributed by atoms with van der Waals surface area (Å²) in [5.41, 5.74) is 1.21. The van der Waals surface area contributed by atoms with Crippen molar-refractivity contribution >= 4 is 5.91 Å². The lowest BCUT2D eigenvalue weighted by Gasteiger charge is -2.02. The Labute approximate surface area is 90.2 Å². The molecule has 0 saturated carbocycles. The van der Waals surface area contributed by atoms with Gasteiger partial charge in [0.1, 0.15) is 0 Å². The Bertz CT molecular complexity index is 320. The summed E-state index contributed by atoms with van der Waals surface area (Å²) in [6.07, 6.45) is 8.77. The molecule has 3 heteroatoms. The van der Waals surface area contributed by atoms with Gasteiger partial charge < -0.3 is 5.32 Å². The molecule has 1 amide bonds. The number of aryl methyl sites for hydroxylation is 1. The lowest BCUT2D eigenvalue weighted by molar-refractivity contribution is -0.116. The lowest BCUT2D eigenvalue weighted by Crippen LogP contribution is -2.22. The molecule has 0 atom stereocenters. The summed E-state index contributed by atoms with van der Waals surface area (Å²) in [6, 6.07) is 3.97. The van der Waals surface area contributed by atoms with Gasteiger partial charge in [-0.1, -0.05) is 12.1 Å². The van der Waals surface area contributed by atoms with Crippen molar-refractivity contribution in [2.45, 2.75) is 19.8 Å². The maximum absolute atomic E-state index is 11.0. The van der Waals surface area contributed by atoms with E-state index in [1.54, 1.807) is 12.3 Å². The summed E-state index contributed by atoms with van der Waals surface area (Å²) in [5.74, 6) is -0.0244. The third-order valence-electron chi connectivity index (χ3n) is 1.98. The number of carbonyl (C=O) groups is 1. The third-order valence-corrected chi connectivity index (χ3v) is 1.98. The summed E-state index contributed by atoms with van der Waals surface area (Å²) < 4.78 is 0. The molecular formula is C12H16N2O. The van der Waals surface area contributed by atoms with Crippen LogP contribution in [-0.4, -0.2) is 17.4 Å². The number of rotatable bonds is 5. The SMILES string of the molecule is C/C=C/C(=O)NCCCc1cccnc1. The average Bonchev–Trinajstić information content (AvgIpc) is 2.26. The van der Waals surface area contributed by atoms with Gasteiger partial charge in [-0.05, 0) is 37.5 Å². The van der Waals surface area contributed by atoms with Crippen LogP contribution >= 0.6 is 0 Å². The first-order valence-electron chi connectivity index (χ1n) is 5.12. The second-order valence-corrected chi connectivity index (χ2v) is 3.26. The van der Waals surface area contributed by atoms with Gasteiger partial charge >= 0.3 is 0 Å². The highest BCUT2D eigenvalue weighted by Crippen LogP contribution is 1.98. The van der Waals surface area contributed by atoms with Gasteiger partial charge in [0.25, 0.3) is 0 Å². The van der Waals surface area contributed by atoms with E-state index in [0.29, 0.717) is 6.54 Å². The Kier molecular flexibility index (Phi) is 5.15. The summed E-state index contributed by atoms with van der Waals surface area (Å²) in [7, 11) is 0. The van der Waals surface area contributed by atoms with E-state index >= 15 is 0 Å². The monoisotopic (exact) mass is 204 g/mol. The molecule has 1 heterocycles. The molecule has 0 bridgehead atoms. The molecule has 0 spiro atoms. The van der Waals surface area contributed by atoms with Gasteiger partial charge in [-0.25, -0.2) is 0 Å². The Morgan fingerprint density at radius 1 is 1.60 bits per heavy atom. The fourth-order valence-electron chi connectivity index (χ4n) is 1.26. The smallest absolute Gasteiger partial charge is 0.243 e. The minimum Gasteiger partial charge on any atom is -0.353 e. The van der Waals surface area contributed by atoms with Gasteiger partial charge in [0, 0.05) is 18.9 Å². The molecule has 15 heavy (non-hydrogen) atoms. The first-order valence-corrected chi connectivity index (χ1v) is 5.12. The van der Waals surface area contributed by atoms with E-state index in [-0.39, 0.29) is 5.91 Å². The van der Waals surface area contributed by atoms with Crippen LogP contribution in [0.1, 0.15) is 18.9 Å². The van der Waals surface area contributed by atoms with Crippen molar-refractivity contribution in [1.82, 2.24) is 10.3 Å². The van der Waals surface area contributed by atoms with Gasteiger partial charge in [-0.3, -0.25) is 9.78 Å². The van der Waals surface area contributed by atoms with E-state index in [1.165, 1.54) is 11.6 Å². The molecule has 3 nitrogen and oxygen atoms in total. The lowest BCUT2D eigenvalue weighted by atomic mass is 10.1. The highest BCUT2D eigenvalue weighted by molar-refractivity contribution is 5.87. The molecule has 0 saturated heterocycles. The number of hydrogen-bond acceptors (Lipinski definition) is 2. The number of hydrogen-bond donors (Lipinski definition) is 1. The second kappa shape index (κ2) is 6.76. The Morgan fingerprint density at radius 2 is 2.47 bits per heavy atom. The van der Waals surface area contributed by atoms with Gasteiger partial charge in [0.05, 0.1) is 0 Å². The first-order chi connectivity index (χ1) is 7.33. The summed E-state index contributed by atoms with van der Waals surface area (Å²) >= 11 is 0. The van der Waals surface area contributed by atoms with E-state index in [4.69, 9.17) is 0 Å². The Morgan fingerprint density at radius 3 is 3.13 bits per heavy atom. The second-order valence-electron chi connectivity index (χ2n) is 3.26. The Hall–Kier alpha value is -1.64. The van der Waals surface area contributed by atoms with Crippen molar-refractivity contribution < 1.29 is 4.79 Å². The van der Waals surface area contributed by atoms with Crippen LogP contribution in [0.5, 0.6) is 0 Å². The molecule has 0 unspecified atom stereocenters. The van der Waals surface area contributed by atoms with Crippen LogP contribution in [0.15, 0.2) is 36.7 Å². The molecular weight excluding hydrogens is 188 g/mol. The molecule has 0 aromatic carbocycles. The zero-order valence-corrected chi connectivity index (χ0v) is 8.94. The molecule has 0 radical (unpaired) electrons. The number of nitrogens with one attached hydrogen (secondary N) is 1. The van der Waals surface area contributed by atoms with Crippen molar-refractivity contribution in [2.75, 3.05) is 6.54 Å². The number of allylic oxidation sites excluding steroid dienone is 1. The van der Waals surface area contributed by atoms with Gasteiger partial charge in [-0.2, -0.15) is 0 Å². The van der Waals surface area contributed by atoms with Gasteiger partial charge in [-0.15, -0.1) is 0 Å². The molecule has 0 fully saturated rings. The first kappa shape index (κ1) is 11.4. The minimum absolute atomic E-state index is 0.0244. The standard InChI is InChI=1S/C12H16N2O/c1-2-5-12(15)14-9-4-7-11-6-3-8-13-10-11/h2-3,5-6,8,10H,4,7,9H2,1H3,(H,14,15)/b5-2+. The molecule has 0 aliphatic rings. The van der Waals surface area contributed by atoms with Crippen LogP contribution in [0.3, 0.4) is 0 Å². The number of carbonyl (C=O) groups excluding carboxylic acids is 1. The summed E-state index contributed by atoms with van der Waals surface area (Å²) in [5, 5.41) is 2.81. The fraction of sp³-hybridized carbons (Fsp3) is 0.333. The quantitative estimate of drug-likeness (QED) is 0.586. The number of amides is 1. The zero-order chi connectivity index (χ0) is 10.9. The third kappa shape index (κ3) is 4.96. The average molecular weight is 204 g/mol. The van der Waals surface area contributed by atoms with E-state index in [9.17, 15) is 4.79 Å². The van der Waals surface area contributed by atoms with Crippen molar-refractivity contribution in [3.63, 3.8) is 0 Å². The molecule has 1 rings (SSSR count). The largest absolute Gasteiger partial charge is 0.353 e. The predicted molar refractivity (Wildman–Crippen MR) is 60.4 cm³/mol. The maximum atomic E-state index is 11.0.